The predicted molar refractivity (Wildman–Crippen MR) is 78.6 cm³/mol. The van der Waals surface area contributed by atoms with Crippen LogP contribution in [-0.4, -0.2) is 11.0 Å². The second kappa shape index (κ2) is 7.02. The molecule has 3 heteroatoms. The number of benzene rings is 1. The number of hydrogen-bond donors (Lipinski definition) is 2. The maximum atomic E-state index is 5.67. The highest BCUT2D eigenvalue weighted by Crippen LogP contribution is 2.12. The Morgan fingerprint density at radius 3 is 2.58 bits per heavy atom. The van der Waals surface area contributed by atoms with Crippen LogP contribution in [-0.2, 0) is 12.8 Å². The van der Waals surface area contributed by atoms with Crippen molar-refractivity contribution in [3.8, 4) is 0 Å². The van der Waals surface area contributed by atoms with Gasteiger partial charge < -0.3 is 0 Å². The van der Waals surface area contributed by atoms with Gasteiger partial charge in [-0.15, -0.1) is 0 Å². The molecule has 3 N–H and O–H groups in total. The van der Waals surface area contributed by atoms with Crippen molar-refractivity contribution in [3.05, 3.63) is 65.5 Å². The molecule has 0 aliphatic rings. The summed E-state index contributed by atoms with van der Waals surface area (Å²) in [4.78, 5) is 4.03. The zero-order valence-electron chi connectivity index (χ0n) is 11.3. The number of nitrogens with one attached hydrogen (secondary N) is 1. The zero-order chi connectivity index (χ0) is 13.5. The van der Waals surface area contributed by atoms with Gasteiger partial charge in [0, 0.05) is 18.4 Å². The fourth-order valence-corrected chi connectivity index (χ4v) is 2.24. The minimum Gasteiger partial charge on any atom is -0.271 e. The molecule has 0 bridgehead atoms. The molecule has 0 aliphatic heterocycles. The Morgan fingerprint density at radius 2 is 1.89 bits per heavy atom. The maximum absolute atomic E-state index is 5.67. The molecule has 0 fully saturated rings. The minimum absolute atomic E-state index is 0.300. The first-order valence-corrected chi connectivity index (χ1v) is 6.69. The number of nitrogens with two attached hydrogens (primary N) is 1. The summed E-state index contributed by atoms with van der Waals surface area (Å²) in [6.07, 6.45) is 6.68. The molecule has 19 heavy (non-hydrogen) atoms. The summed E-state index contributed by atoms with van der Waals surface area (Å²) >= 11 is 0. The lowest BCUT2D eigenvalue weighted by molar-refractivity contribution is 0.490. The van der Waals surface area contributed by atoms with Gasteiger partial charge in [0.05, 0.1) is 0 Å². The van der Waals surface area contributed by atoms with Crippen molar-refractivity contribution in [3.63, 3.8) is 0 Å². The summed E-state index contributed by atoms with van der Waals surface area (Å²) in [5, 5.41) is 0. The summed E-state index contributed by atoms with van der Waals surface area (Å²) in [5.74, 6) is 5.67. The molecule has 1 aromatic heterocycles. The average Bonchev–Trinajstić information content (AvgIpc) is 2.46. The van der Waals surface area contributed by atoms with Gasteiger partial charge >= 0.3 is 0 Å². The molecule has 0 radical (unpaired) electrons. The monoisotopic (exact) mass is 255 g/mol. The van der Waals surface area contributed by atoms with Crippen molar-refractivity contribution in [1.82, 2.24) is 10.4 Å². The smallest absolute Gasteiger partial charge is 0.0270 e. The van der Waals surface area contributed by atoms with Gasteiger partial charge in [-0.3, -0.25) is 16.3 Å². The molecule has 1 heterocycles. The normalized spacial score (nSPS) is 12.3. The van der Waals surface area contributed by atoms with E-state index in [0.29, 0.717) is 6.04 Å². The summed E-state index contributed by atoms with van der Waals surface area (Å²) < 4.78 is 0. The number of aryl methyl sites for hydroxylation is 2. The molecule has 100 valence electrons. The van der Waals surface area contributed by atoms with Crippen LogP contribution in [0.3, 0.4) is 0 Å². The topological polar surface area (TPSA) is 50.9 Å². The first kappa shape index (κ1) is 13.7. The number of hydrogen-bond acceptors (Lipinski definition) is 3. The van der Waals surface area contributed by atoms with Gasteiger partial charge in [0.15, 0.2) is 0 Å². The summed E-state index contributed by atoms with van der Waals surface area (Å²) in [7, 11) is 0. The van der Waals surface area contributed by atoms with E-state index in [-0.39, 0.29) is 0 Å². The third-order valence-corrected chi connectivity index (χ3v) is 3.49. The third-order valence-electron chi connectivity index (χ3n) is 3.49. The Hall–Kier alpha value is -1.71. The lowest BCUT2D eigenvalue weighted by atomic mass is 9.97. The largest absolute Gasteiger partial charge is 0.271 e. The fraction of sp³-hybridized carbons (Fsp3) is 0.312. The van der Waals surface area contributed by atoms with Crippen LogP contribution in [0, 0.1) is 6.92 Å². The Balaban J connectivity index is 1.92. The van der Waals surface area contributed by atoms with Crippen LogP contribution in [0.1, 0.15) is 23.1 Å². The minimum atomic E-state index is 0.300. The number of pyridine rings is 1. The van der Waals surface area contributed by atoms with Crippen molar-refractivity contribution in [2.75, 3.05) is 0 Å². The van der Waals surface area contributed by atoms with Crippen LogP contribution >= 0.6 is 0 Å². The van der Waals surface area contributed by atoms with Crippen molar-refractivity contribution >= 4 is 0 Å². The van der Waals surface area contributed by atoms with Crippen LogP contribution in [0.5, 0.6) is 0 Å². The van der Waals surface area contributed by atoms with Crippen LogP contribution in [0.25, 0.3) is 0 Å². The quantitative estimate of drug-likeness (QED) is 0.615. The van der Waals surface area contributed by atoms with Crippen molar-refractivity contribution in [2.45, 2.75) is 32.2 Å². The number of rotatable bonds is 6. The van der Waals surface area contributed by atoms with Gasteiger partial charge in [-0.05, 0) is 55.0 Å². The van der Waals surface area contributed by atoms with Crippen LogP contribution in [0.2, 0.25) is 0 Å². The maximum Gasteiger partial charge on any atom is 0.0270 e. The van der Waals surface area contributed by atoms with E-state index in [1.54, 1.807) is 0 Å². The lowest BCUT2D eigenvalue weighted by Crippen LogP contribution is -2.37. The molecular weight excluding hydrogens is 234 g/mol. The first-order valence-electron chi connectivity index (χ1n) is 6.69. The van der Waals surface area contributed by atoms with E-state index in [1.165, 1.54) is 16.7 Å². The van der Waals surface area contributed by atoms with E-state index in [9.17, 15) is 0 Å². The number of aromatic nitrogens is 1. The summed E-state index contributed by atoms with van der Waals surface area (Å²) in [6, 6.07) is 12.9. The highest BCUT2D eigenvalue weighted by atomic mass is 15.2. The van der Waals surface area contributed by atoms with Gasteiger partial charge in [0.25, 0.3) is 0 Å². The van der Waals surface area contributed by atoms with Gasteiger partial charge in [0.2, 0.25) is 0 Å². The molecule has 3 nitrogen and oxygen atoms in total. The van der Waals surface area contributed by atoms with Crippen LogP contribution in [0.4, 0.5) is 0 Å². The molecule has 2 aromatic rings. The highest BCUT2D eigenvalue weighted by Gasteiger charge is 2.09. The van der Waals surface area contributed by atoms with E-state index in [2.05, 4.69) is 53.7 Å². The molecule has 0 aliphatic carbocycles. The van der Waals surface area contributed by atoms with Gasteiger partial charge in [-0.1, -0.05) is 24.3 Å². The van der Waals surface area contributed by atoms with Crippen molar-refractivity contribution < 1.29 is 0 Å². The van der Waals surface area contributed by atoms with E-state index in [4.69, 9.17) is 5.84 Å². The average molecular weight is 255 g/mol. The Morgan fingerprint density at radius 1 is 1.16 bits per heavy atom. The van der Waals surface area contributed by atoms with Crippen molar-refractivity contribution in [2.24, 2.45) is 5.84 Å². The van der Waals surface area contributed by atoms with Gasteiger partial charge in [-0.2, -0.15) is 0 Å². The molecule has 0 amide bonds. The molecule has 1 unspecified atom stereocenters. The van der Waals surface area contributed by atoms with E-state index < -0.39 is 0 Å². The summed E-state index contributed by atoms with van der Waals surface area (Å²) in [6.45, 7) is 2.14. The fourth-order valence-electron chi connectivity index (χ4n) is 2.24. The van der Waals surface area contributed by atoms with Gasteiger partial charge in [0.1, 0.15) is 0 Å². The molecule has 1 aromatic carbocycles. The van der Waals surface area contributed by atoms with Crippen LogP contribution in [0.15, 0.2) is 48.8 Å². The lowest BCUT2D eigenvalue weighted by Gasteiger charge is -2.17. The molecule has 0 spiro atoms. The molecule has 1 atom stereocenters. The van der Waals surface area contributed by atoms with E-state index in [1.807, 2.05) is 12.4 Å². The van der Waals surface area contributed by atoms with Crippen LogP contribution < -0.4 is 11.3 Å². The molecule has 2 rings (SSSR count). The second-order valence-electron chi connectivity index (χ2n) is 4.89. The van der Waals surface area contributed by atoms with E-state index in [0.717, 1.165) is 19.3 Å². The number of hydrazine groups is 1. The first-order chi connectivity index (χ1) is 9.29. The molecular formula is C16H21N3. The molecule has 0 saturated carbocycles. The molecule has 0 saturated heterocycles. The van der Waals surface area contributed by atoms with Crippen molar-refractivity contribution in [1.29, 1.82) is 0 Å². The zero-order valence-corrected chi connectivity index (χ0v) is 11.3. The second-order valence-corrected chi connectivity index (χ2v) is 4.89. The number of nitrogens with zero attached hydrogens (tertiary/aromatic N) is 1. The predicted octanol–water partition coefficient (Wildman–Crippen LogP) is 2.40. The Bertz CT molecular complexity index is 496. The highest BCUT2D eigenvalue weighted by molar-refractivity contribution is 5.26. The SMILES string of the molecule is Cc1ccccc1CC(CCc1ccncc1)NN. The summed E-state index contributed by atoms with van der Waals surface area (Å²) in [5.41, 5.74) is 6.92. The Labute approximate surface area is 114 Å². The van der Waals surface area contributed by atoms with E-state index >= 15 is 0 Å². The Kier molecular flexibility index (Phi) is 5.07. The van der Waals surface area contributed by atoms with Gasteiger partial charge in [-0.25, -0.2) is 0 Å². The standard InChI is InChI=1S/C16H21N3/c1-13-4-2-3-5-15(13)12-16(19-17)7-6-14-8-10-18-11-9-14/h2-5,8-11,16,19H,6-7,12,17H2,1H3. The third kappa shape index (κ3) is 4.16.